The third kappa shape index (κ3) is 2.82. The van der Waals surface area contributed by atoms with Crippen LogP contribution in [0.15, 0.2) is 51.7 Å². The van der Waals surface area contributed by atoms with Crippen LogP contribution in [0, 0.1) is 12.7 Å². The molecule has 1 unspecified atom stereocenters. The first kappa shape index (κ1) is 17.4. The number of hydrogen-bond acceptors (Lipinski definition) is 4. The number of aliphatic hydroxyl groups excluding tert-OH is 1. The molecule has 3 aromatic rings. The molecule has 0 radical (unpaired) electrons. The minimum absolute atomic E-state index is 0.0172. The number of amides is 1. The van der Waals surface area contributed by atoms with Crippen molar-refractivity contribution in [1.82, 2.24) is 4.90 Å². The van der Waals surface area contributed by atoms with E-state index in [4.69, 9.17) is 4.42 Å². The highest BCUT2D eigenvalue weighted by Gasteiger charge is 2.42. The fraction of sp³-hybridized carbons (Fsp3) is 0.238. The zero-order valence-corrected chi connectivity index (χ0v) is 14.7. The minimum Gasteiger partial charge on any atom is -0.450 e. The van der Waals surface area contributed by atoms with Crippen molar-refractivity contribution in [2.45, 2.75) is 19.4 Å². The van der Waals surface area contributed by atoms with Crippen LogP contribution in [-0.2, 0) is 0 Å². The van der Waals surface area contributed by atoms with Gasteiger partial charge in [0.2, 0.25) is 5.76 Å². The molecule has 4 rings (SSSR count). The number of aryl methyl sites for hydroxylation is 1. The summed E-state index contributed by atoms with van der Waals surface area (Å²) in [6.45, 7) is 2.05. The zero-order valence-electron chi connectivity index (χ0n) is 14.7. The van der Waals surface area contributed by atoms with Gasteiger partial charge in [-0.3, -0.25) is 9.59 Å². The summed E-state index contributed by atoms with van der Waals surface area (Å²) in [4.78, 5) is 27.7. The number of aliphatic hydroxyl groups is 1. The van der Waals surface area contributed by atoms with Crippen LogP contribution in [0.2, 0.25) is 0 Å². The van der Waals surface area contributed by atoms with Gasteiger partial charge in [0.15, 0.2) is 5.43 Å². The summed E-state index contributed by atoms with van der Waals surface area (Å²) < 4.78 is 19.2. The van der Waals surface area contributed by atoms with Crippen LogP contribution in [0.25, 0.3) is 11.0 Å². The van der Waals surface area contributed by atoms with Gasteiger partial charge in [-0.2, -0.15) is 0 Å². The minimum atomic E-state index is -0.666. The summed E-state index contributed by atoms with van der Waals surface area (Å²) in [5, 5.41) is 9.60. The lowest BCUT2D eigenvalue weighted by molar-refractivity contribution is 0.0716. The monoisotopic (exact) mass is 367 g/mol. The van der Waals surface area contributed by atoms with Gasteiger partial charge in [0.1, 0.15) is 11.4 Å². The lowest BCUT2D eigenvalue weighted by atomic mass is 9.98. The van der Waals surface area contributed by atoms with Gasteiger partial charge in [0, 0.05) is 13.2 Å². The maximum atomic E-state index is 13.4. The van der Waals surface area contributed by atoms with Crippen LogP contribution >= 0.6 is 0 Å². The number of fused-ring (bicyclic) bond motifs is 2. The SMILES string of the molecule is Cc1ccc2oc3c(c(=O)c2c1)C(c1ccc(F)cc1)N(CCCO)C3=O. The molecule has 1 aliphatic heterocycles. The van der Waals surface area contributed by atoms with E-state index >= 15 is 0 Å². The predicted octanol–water partition coefficient (Wildman–Crippen LogP) is 3.17. The molecule has 1 aliphatic rings. The van der Waals surface area contributed by atoms with Crippen molar-refractivity contribution >= 4 is 16.9 Å². The Bertz CT molecular complexity index is 1090. The van der Waals surface area contributed by atoms with Crippen molar-refractivity contribution in [1.29, 1.82) is 0 Å². The van der Waals surface area contributed by atoms with E-state index < -0.39 is 17.8 Å². The Labute approximate surface area is 154 Å². The lowest BCUT2D eigenvalue weighted by Gasteiger charge is -2.24. The Hall–Kier alpha value is -2.99. The number of benzene rings is 2. The highest BCUT2D eigenvalue weighted by molar-refractivity contribution is 5.99. The van der Waals surface area contributed by atoms with Crippen LogP contribution in [0.3, 0.4) is 0 Å². The van der Waals surface area contributed by atoms with Crippen LogP contribution in [0.5, 0.6) is 0 Å². The Morgan fingerprint density at radius 2 is 1.89 bits per heavy atom. The topological polar surface area (TPSA) is 70.8 Å². The third-order valence-electron chi connectivity index (χ3n) is 4.86. The predicted molar refractivity (Wildman–Crippen MR) is 98.2 cm³/mol. The molecular formula is C21H18FNO4. The average Bonchev–Trinajstić information content (AvgIpc) is 2.94. The quantitative estimate of drug-likeness (QED) is 0.769. The molecule has 1 amide bonds. The first-order valence-corrected chi connectivity index (χ1v) is 8.76. The van der Waals surface area contributed by atoms with Gasteiger partial charge >= 0.3 is 0 Å². The molecule has 2 aromatic carbocycles. The van der Waals surface area contributed by atoms with Crippen molar-refractivity contribution in [3.63, 3.8) is 0 Å². The number of carbonyl (C=O) groups is 1. The van der Waals surface area contributed by atoms with Crippen molar-refractivity contribution < 1.29 is 18.7 Å². The first-order chi connectivity index (χ1) is 13.0. The molecule has 0 aliphatic carbocycles. The highest BCUT2D eigenvalue weighted by Crippen LogP contribution is 2.38. The Kier molecular flexibility index (Phi) is 4.28. The Balaban J connectivity index is 1.97. The maximum Gasteiger partial charge on any atom is 0.290 e. The molecule has 27 heavy (non-hydrogen) atoms. The van der Waals surface area contributed by atoms with Crippen LogP contribution in [0.4, 0.5) is 4.39 Å². The van der Waals surface area contributed by atoms with Crippen molar-refractivity contribution in [3.8, 4) is 0 Å². The molecule has 1 N–H and O–H groups in total. The van der Waals surface area contributed by atoms with Gasteiger partial charge in [-0.15, -0.1) is 0 Å². The fourth-order valence-corrected chi connectivity index (χ4v) is 3.60. The first-order valence-electron chi connectivity index (χ1n) is 8.76. The Morgan fingerprint density at radius 1 is 1.15 bits per heavy atom. The zero-order chi connectivity index (χ0) is 19.1. The van der Waals surface area contributed by atoms with Crippen molar-refractivity contribution in [2.75, 3.05) is 13.2 Å². The standard InChI is InChI=1S/C21H18FNO4/c1-12-3-8-16-15(11-12)19(25)17-18(13-4-6-14(22)7-5-13)23(9-2-10-24)21(26)20(17)27-16/h3-8,11,18,24H,2,9-10H2,1H3. The second kappa shape index (κ2) is 6.63. The molecule has 0 bridgehead atoms. The number of hydrogen-bond donors (Lipinski definition) is 1. The number of halogens is 1. The molecule has 0 fully saturated rings. The largest absolute Gasteiger partial charge is 0.450 e. The van der Waals surface area contributed by atoms with Gasteiger partial charge in [0.05, 0.1) is 17.0 Å². The van der Waals surface area contributed by atoms with E-state index in [1.54, 1.807) is 24.3 Å². The lowest BCUT2D eigenvalue weighted by Crippen LogP contribution is -2.31. The second-order valence-electron chi connectivity index (χ2n) is 6.70. The van der Waals surface area contributed by atoms with Crippen molar-refractivity contribution in [2.24, 2.45) is 0 Å². The van der Waals surface area contributed by atoms with Gasteiger partial charge < -0.3 is 14.4 Å². The molecule has 6 heteroatoms. The fourth-order valence-electron chi connectivity index (χ4n) is 3.60. The van der Waals surface area contributed by atoms with E-state index in [0.29, 0.717) is 23.0 Å². The van der Waals surface area contributed by atoms with Crippen molar-refractivity contribution in [3.05, 3.63) is 81.0 Å². The van der Waals surface area contributed by atoms with Gasteiger partial charge in [-0.05, 0) is 43.2 Å². The molecule has 1 aromatic heterocycles. The van der Waals surface area contributed by atoms with E-state index in [2.05, 4.69) is 0 Å². The van der Waals surface area contributed by atoms with Crippen LogP contribution in [-0.4, -0.2) is 29.1 Å². The van der Waals surface area contributed by atoms with E-state index in [9.17, 15) is 19.1 Å². The summed E-state index contributed by atoms with van der Waals surface area (Å²) >= 11 is 0. The summed E-state index contributed by atoms with van der Waals surface area (Å²) in [6.07, 6.45) is 0.365. The summed E-state index contributed by atoms with van der Waals surface area (Å²) in [7, 11) is 0. The summed E-state index contributed by atoms with van der Waals surface area (Å²) in [5.74, 6) is -0.776. The van der Waals surface area contributed by atoms with Gasteiger partial charge in [-0.1, -0.05) is 23.8 Å². The second-order valence-corrected chi connectivity index (χ2v) is 6.70. The third-order valence-corrected chi connectivity index (χ3v) is 4.86. The van der Waals surface area contributed by atoms with Crippen LogP contribution < -0.4 is 5.43 Å². The van der Waals surface area contributed by atoms with Gasteiger partial charge in [0.25, 0.3) is 5.91 Å². The molecule has 5 nitrogen and oxygen atoms in total. The molecule has 0 saturated heterocycles. The number of rotatable bonds is 4. The Morgan fingerprint density at radius 3 is 2.59 bits per heavy atom. The van der Waals surface area contributed by atoms with E-state index in [1.807, 2.05) is 13.0 Å². The van der Waals surface area contributed by atoms with E-state index in [1.165, 1.54) is 17.0 Å². The van der Waals surface area contributed by atoms with Gasteiger partial charge in [-0.25, -0.2) is 4.39 Å². The molecule has 1 atom stereocenters. The molecule has 2 heterocycles. The summed E-state index contributed by atoms with van der Waals surface area (Å²) in [6, 6.07) is 10.3. The molecule has 0 spiro atoms. The normalized spacial score (nSPS) is 16.2. The highest BCUT2D eigenvalue weighted by atomic mass is 19.1. The number of nitrogens with zero attached hydrogens (tertiary/aromatic N) is 1. The maximum absolute atomic E-state index is 13.4. The molecule has 138 valence electrons. The van der Waals surface area contributed by atoms with Crippen LogP contribution in [0.1, 0.15) is 39.7 Å². The molecular weight excluding hydrogens is 349 g/mol. The van der Waals surface area contributed by atoms with E-state index in [0.717, 1.165) is 5.56 Å². The van der Waals surface area contributed by atoms with E-state index in [-0.39, 0.29) is 29.9 Å². The smallest absolute Gasteiger partial charge is 0.290 e. The summed E-state index contributed by atoms with van der Waals surface area (Å²) in [5.41, 5.74) is 1.90. The molecule has 0 saturated carbocycles. The number of carbonyl (C=O) groups excluding carboxylic acids is 1. The average molecular weight is 367 g/mol.